The first kappa shape index (κ1) is 17.7. The molecular weight excluding hydrogens is 349 g/mol. The van der Waals surface area contributed by atoms with Crippen LogP contribution in [0.25, 0.3) is 0 Å². The maximum Gasteiger partial charge on any atom is 0.573 e. The highest BCUT2D eigenvalue weighted by atomic mass is 19.4. The Morgan fingerprint density at radius 3 is 2.58 bits per heavy atom. The molecule has 0 spiro atoms. The van der Waals surface area contributed by atoms with Gasteiger partial charge in [0.05, 0.1) is 11.7 Å². The summed E-state index contributed by atoms with van der Waals surface area (Å²) in [5.41, 5.74) is 0.969. The number of para-hydroxylation sites is 1. The quantitative estimate of drug-likeness (QED) is 0.886. The van der Waals surface area contributed by atoms with Gasteiger partial charge < -0.3 is 10.1 Å². The average Bonchev–Trinajstić information content (AvgIpc) is 2.96. The molecule has 0 radical (unpaired) electrons. The molecule has 26 heavy (non-hydrogen) atoms. The van der Waals surface area contributed by atoms with E-state index in [9.17, 15) is 18.0 Å². The van der Waals surface area contributed by atoms with Gasteiger partial charge in [-0.15, -0.1) is 13.2 Å². The third-order valence-electron chi connectivity index (χ3n) is 3.74. The third-order valence-corrected chi connectivity index (χ3v) is 3.74. The summed E-state index contributed by atoms with van der Waals surface area (Å²) in [6, 6.07) is 13.2. The number of nitrogens with one attached hydrogen (secondary N) is 1. The second-order valence-corrected chi connectivity index (χ2v) is 5.64. The van der Waals surface area contributed by atoms with Crippen molar-refractivity contribution in [2.45, 2.75) is 25.4 Å². The first-order chi connectivity index (χ1) is 12.3. The number of benzene rings is 2. The topological polar surface area (TPSA) is 66.3 Å². The van der Waals surface area contributed by atoms with Gasteiger partial charge in [0.15, 0.2) is 6.04 Å². The fourth-order valence-electron chi connectivity index (χ4n) is 2.55. The minimum atomic E-state index is -4.80. The summed E-state index contributed by atoms with van der Waals surface area (Å²) in [6.07, 6.45) is -4.80. The maximum absolute atomic E-state index is 12.4. The van der Waals surface area contributed by atoms with Gasteiger partial charge in [-0.1, -0.05) is 29.5 Å². The number of rotatable bonds is 4. The number of halogens is 3. The van der Waals surface area contributed by atoms with Crippen molar-refractivity contribution in [2.24, 2.45) is 10.3 Å². The van der Waals surface area contributed by atoms with Gasteiger partial charge in [0, 0.05) is 11.8 Å². The Hall–Kier alpha value is -3.10. The molecule has 2 atom stereocenters. The fourth-order valence-corrected chi connectivity index (χ4v) is 2.55. The zero-order chi connectivity index (χ0) is 18.7. The summed E-state index contributed by atoms with van der Waals surface area (Å²) >= 11 is 0. The van der Waals surface area contributed by atoms with Crippen molar-refractivity contribution in [3.05, 3.63) is 54.6 Å². The molecule has 9 heteroatoms. The van der Waals surface area contributed by atoms with E-state index in [-0.39, 0.29) is 11.7 Å². The Labute approximate surface area is 147 Å². The zero-order valence-corrected chi connectivity index (χ0v) is 13.6. The molecule has 1 amide bonds. The minimum Gasteiger partial charge on any atom is -0.406 e. The van der Waals surface area contributed by atoms with Crippen LogP contribution >= 0.6 is 0 Å². The van der Waals surface area contributed by atoms with Crippen molar-refractivity contribution in [3.8, 4) is 5.75 Å². The van der Waals surface area contributed by atoms with Crippen molar-refractivity contribution in [2.75, 3.05) is 10.3 Å². The number of carbonyl (C=O) groups excluding carboxylic acids is 1. The normalized spacial score (nSPS) is 19.5. The zero-order valence-electron chi connectivity index (χ0n) is 13.6. The lowest BCUT2D eigenvalue weighted by molar-refractivity contribution is -0.274. The number of nitrogens with zero attached hydrogens (tertiary/aromatic N) is 3. The van der Waals surface area contributed by atoms with E-state index in [0.29, 0.717) is 0 Å². The molecule has 1 N–H and O–H groups in total. The van der Waals surface area contributed by atoms with Crippen LogP contribution in [0.2, 0.25) is 0 Å². The molecule has 6 nitrogen and oxygen atoms in total. The first-order valence-corrected chi connectivity index (χ1v) is 7.75. The molecule has 0 saturated heterocycles. The van der Waals surface area contributed by atoms with Gasteiger partial charge in [-0.3, -0.25) is 4.79 Å². The molecule has 1 aliphatic heterocycles. The van der Waals surface area contributed by atoms with Gasteiger partial charge in [0.1, 0.15) is 5.75 Å². The molecule has 0 aromatic heterocycles. The van der Waals surface area contributed by atoms with Gasteiger partial charge in [-0.2, -0.15) is 5.11 Å². The predicted molar refractivity (Wildman–Crippen MR) is 88.8 cm³/mol. The van der Waals surface area contributed by atoms with Gasteiger partial charge in [0.25, 0.3) is 5.91 Å². The number of hydrogen-bond donors (Lipinski definition) is 1. The molecule has 0 aliphatic carbocycles. The molecular formula is C17H15F3N4O2. The van der Waals surface area contributed by atoms with Crippen LogP contribution in [0.4, 0.5) is 24.5 Å². The third kappa shape index (κ3) is 4.11. The summed E-state index contributed by atoms with van der Waals surface area (Å²) in [5.74, 6) is -0.883. The lowest BCUT2D eigenvalue weighted by Crippen LogP contribution is -2.39. The predicted octanol–water partition coefficient (Wildman–Crippen LogP) is 4.17. The number of ether oxygens (including phenoxy) is 1. The summed E-state index contributed by atoms with van der Waals surface area (Å²) in [7, 11) is 0. The van der Waals surface area contributed by atoms with Crippen LogP contribution in [-0.2, 0) is 4.79 Å². The second kappa shape index (κ2) is 7.03. The van der Waals surface area contributed by atoms with Crippen molar-refractivity contribution in [3.63, 3.8) is 0 Å². The van der Waals surface area contributed by atoms with E-state index in [1.54, 1.807) is 11.9 Å². The Kier molecular flexibility index (Phi) is 4.79. The maximum atomic E-state index is 12.4. The second-order valence-electron chi connectivity index (χ2n) is 5.64. The highest BCUT2D eigenvalue weighted by Gasteiger charge is 2.35. The average molecular weight is 364 g/mol. The van der Waals surface area contributed by atoms with E-state index in [4.69, 9.17) is 0 Å². The largest absolute Gasteiger partial charge is 0.573 e. The molecule has 0 bridgehead atoms. The van der Waals surface area contributed by atoms with Crippen molar-refractivity contribution < 1.29 is 22.7 Å². The Balaban J connectivity index is 1.68. The molecule has 2 aromatic carbocycles. The molecule has 2 unspecified atom stereocenters. The standard InChI is InChI=1S/C17H15F3N4O2/c1-11-15(22-23-24(11)13-7-3-2-4-8-13)16(25)21-12-6-5-9-14(10-12)26-17(18,19)20/h2-11,15H,1H3,(H,21,25). The van der Waals surface area contributed by atoms with Crippen LogP contribution in [-0.4, -0.2) is 24.4 Å². The Morgan fingerprint density at radius 1 is 1.15 bits per heavy atom. The van der Waals surface area contributed by atoms with E-state index in [1.807, 2.05) is 30.3 Å². The molecule has 1 heterocycles. The molecule has 2 aromatic rings. The van der Waals surface area contributed by atoms with Gasteiger partial charge in [0.2, 0.25) is 0 Å². The Morgan fingerprint density at radius 2 is 1.88 bits per heavy atom. The van der Waals surface area contributed by atoms with Crippen molar-refractivity contribution in [1.82, 2.24) is 0 Å². The molecule has 136 valence electrons. The number of alkyl halides is 3. The minimum absolute atomic E-state index is 0.178. The first-order valence-electron chi connectivity index (χ1n) is 7.75. The highest BCUT2D eigenvalue weighted by Crippen LogP contribution is 2.28. The fraction of sp³-hybridized carbons (Fsp3) is 0.235. The highest BCUT2D eigenvalue weighted by molar-refractivity contribution is 5.96. The lowest BCUT2D eigenvalue weighted by atomic mass is 10.1. The number of hydrogen-bond acceptors (Lipinski definition) is 5. The van der Waals surface area contributed by atoms with Crippen LogP contribution in [0.1, 0.15) is 6.92 Å². The van der Waals surface area contributed by atoms with Crippen molar-refractivity contribution in [1.29, 1.82) is 0 Å². The number of anilines is 2. The van der Waals surface area contributed by atoms with Gasteiger partial charge in [-0.05, 0) is 31.2 Å². The monoisotopic (exact) mass is 364 g/mol. The summed E-state index contributed by atoms with van der Waals surface area (Å²) < 4.78 is 40.7. The van der Waals surface area contributed by atoms with E-state index in [1.165, 1.54) is 12.1 Å². The van der Waals surface area contributed by atoms with Crippen LogP contribution < -0.4 is 15.1 Å². The van der Waals surface area contributed by atoms with Crippen LogP contribution in [0.3, 0.4) is 0 Å². The lowest BCUT2D eigenvalue weighted by Gasteiger charge is -2.21. The molecule has 3 rings (SSSR count). The van der Waals surface area contributed by atoms with Crippen LogP contribution in [0.15, 0.2) is 64.9 Å². The van der Waals surface area contributed by atoms with E-state index in [2.05, 4.69) is 20.4 Å². The molecule has 1 aliphatic rings. The summed E-state index contributed by atoms with van der Waals surface area (Å²) in [6.45, 7) is 1.79. The van der Waals surface area contributed by atoms with Crippen LogP contribution in [0.5, 0.6) is 5.75 Å². The van der Waals surface area contributed by atoms with Crippen molar-refractivity contribution >= 4 is 17.3 Å². The molecule has 0 saturated carbocycles. The van der Waals surface area contributed by atoms with Gasteiger partial charge >= 0.3 is 6.36 Å². The summed E-state index contributed by atoms with van der Waals surface area (Å²) in [4.78, 5) is 12.4. The van der Waals surface area contributed by atoms with E-state index >= 15 is 0 Å². The van der Waals surface area contributed by atoms with E-state index in [0.717, 1.165) is 17.8 Å². The number of carbonyl (C=O) groups is 1. The van der Waals surface area contributed by atoms with Gasteiger partial charge in [-0.25, -0.2) is 5.01 Å². The Bertz CT molecular complexity index is 811. The smallest absolute Gasteiger partial charge is 0.406 e. The van der Waals surface area contributed by atoms with E-state index < -0.39 is 24.1 Å². The summed E-state index contributed by atoms with van der Waals surface area (Å²) in [5, 5.41) is 12.2. The molecule has 0 fully saturated rings. The number of amides is 1. The SMILES string of the molecule is CC1C(C(=O)Nc2cccc(OC(F)(F)F)c2)N=NN1c1ccccc1. The van der Waals surface area contributed by atoms with Crippen LogP contribution in [0, 0.1) is 0 Å².